The van der Waals surface area contributed by atoms with E-state index in [2.05, 4.69) is 0 Å². The van der Waals surface area contributed by atoms with Crippen LogP contribution in [0.3, 0.4) is 0 Å². The van der Waals surface area contributed by atoms with Gasteiger partial charge in [-0.15, -0.1) is 0 Å². The van der Waals surface area contributed by atoms with E-state index in [0.717, 1.165) is 16.5 Å². The van der Waals surface area contributed by atoms with Crippen molar-refractivity contribution in [3.8, 4) is 28.6 Å². The summed E-state index contributed by atoms with van der Waals surface area (Å²) in [5.74, 6) is 2.35. The fourth-order valence-corrected chi connectivity index (χ4v) is 2.96. The maximum atomic E-state index is 11.4. The number of hydrogen-bond donors (Lipinski definition) is 0. The lowest BCUT2D eigenvalue weighted by atomic mass is 10.1. The molecule has 0 unspecified atom stereocenters. The molecular formula is C21H22O6. The molecule has 0 aliphatic carbocycles. The van der Waals surface area contributed by atoms with Gasteiger partial charge in [-0.1, -0.05) is 0 Å². The summed E-state index contributed by atoms with van der Waals surface area (Å²) < 4.78 is 26.9. The largest absolute Gasteiger partial charge is 0.493 e. The lowest BCUT2D eigenvalue weighted by Gasteiger charge is -2.08. The zero-order chi connectivity index (χ0) is 19.4. The molecule has 0 amide bonds. The maximum Gasteiger partial charge on any atom is 0.305 e. The highest BCUT2D eigenvalue weighted by Gasteiger charge is 2.15. The summed E-state index contributed by atoms with van der Waals surface area (Å²) in [7, 11) is 6.17. The van der Waals surface area contributed by atoms with E-state index in [1.807, 2.05) is 36.4 Å². The number of hydrogen-bond acceptors (Lipinski definition) is 6. The van der Waals surface area contributed by atoms with Crippen LogP contribution in [0.5, 0.6) is 17.2 Å². The summed E-state index contributed by atoms with van der Waals surface area (Å²) in [5, 5.41) is 0.902. The fraction of sp³-hybridized carbons (Fsp3) is 0.286. The summed E-state index contributed by atoms with van der Waals surface area (Å²) in [4.78, 5) is 11.4. The van der Waals surface area contributed by atoms with Crippen LogP contribution in [0.15, 0.2) is 40.8 Å². The van der Waals surface area contributed by atoms with Gasteiger partial charge in [-0.05, 0) is 48.4 Å². The smallest absolute Gasteiger partial charge is 0.305 e. The third-order valence-electron chi connectivity index (χ3n) is 4.38. The molecule has 6 nitrogen and oxygen atoms in total. The van der Waals surface area contributed by atoms with Gasteiger partial charge in [0.15, 0.2) is 22.8 Å². The highest BCUT2D eigenvalue weighted by atomic mass is 16.5. The summed E-state index contributed by atoms with van der Waals surface area (Å²) in [6.45, 7) is 0. The first kappa shape index (κ1) is 18.6. The van der Waals surface area contributed by atoms with Crippen molar-refractivity contribution in [2.24, 2.45) is 0 Å². The van der Waals surface area contributed by atoms with Gasteiger partial charge in [0.25, 0.3) is 0 Å². The number of fused-ring (bicyclic) bond motifs is 1. The second kappa shape index (κ2) is 8.03. The molecule has 6 heteroatoms. The zero-order valence-corrected chi connectivity index (χ0v) is 15.8. The van der Waals surface area contributed by atoms with Crippen molar-refractivity contribution in [3.63, 3.8) is 0 Å². The minimum absolute atomic E-state index is 0.243. The van der Waals surface area contributed by atoms with Gasteiger partial charge in [0.1, 0.15) is 5.76 Å². The van der Waals surface area contributed by atoms with Crippen LogP contribution in [-0.2, 0) is 16.0 Å². The van der Waals surface area contributed by atoms with Crippen molar-refractivity contribution in [3.05, 3.63) is 42.0 Å². The topological polar surface area (TPSA) is 67.1 Å². The Balaban J connectivity index is 2.00. The Morgan fingerprint density at radius 2 is 1.63 bits per heavy atom. The standard InChI is InChI=1S/C21H22O6/c1-23-16-7-6-14(11-18(16)24-2)17-12-15-9-13(5-8-20(22)26-4)10-19(25-3)21(15)27-17/h6-7,9-12H,5,8H2,1-4H3. The summed E-state index contributed by atoms with van der Waals surface area (Å²) in [5.41, 5.74) is 2.50. The van der Waals surface area contributed by atoms with Gasteiger partial charge in [-0.3, -0.25) is 4.79 Å². The minimum atomic E-state index is -0.243. The van der Waals surface area contributed by atoms with Crippen molar-refractivity contribution in [1.82, 2.24) is 0 Å². The van der Waals surface area contributed by atoms with Gasteiger partial charge in [-0.2, -0.15) is 0 Å². The van der Waals surface area contributed by atoms with Crippen molar-refractivity contribution in [2.75, 3.05) is 28.4 Å². The van der Waals surface area contributed by atoms with E-state index in [-0.39, 0.29) is 5.97 Å². The number of carbonyl (C=O) groups is 1. The molecule has 0 radical (unpaired) electrons. The number of aryl methyl sites for hydroxylation is 1. The van der Waals surface area contributed by atoms with E-state index >= 15 is 0 Å². The molecule has 1 aromatic heterocycles. The lowest BCUT2D eigenvalue weighted by Crippen LogP contribution is -2.02. The van der Waals surface area contributed by atoms with Gasteiger partial charge in [-0.25, -0.2) is 0 Å². The molecule has 0 aliphatic heterocycles. The quantitative estimate of drug-likeness (QED) is 0.580. The lowest BCUT2D eigenvalue weighted by molar-refractivity contribution is -0.140. The Kier molecular flexibility index (Phi) is 5.54. The molecule has 0 N–H and O–H groups in total. The van der Waals surface area contributed by atoms with Crippen LogP contribution in [0.25, 0.3) is 22.3 Å². The molecule has 0 saturated heterocycles. The predicted molar refractivity (Wildman–Crippen MR) is 102 cm³/mol. The Bertz CT molecular complexity index is 957. The third-order valence-corrected chi connectivity index (χ3v) is 4.38. The average Bonchev–Trinajstić information content (AvgIpc) is 3.14. The molecule has 0 spiro atoms. The molecule has 3 rings (SSSR count). The molecule has 142 valence electrons. The zero-order valence-electron chi connectivity index (χ0n) is 15.8. The number of esters is 1. The number of rotatable bonds is 7. The number of carbonyl (C=O) groups excluding carboxylic acids is 1. The normalized spacial score (nSPS) is 10.7. The van der Waals surface area contributed by atoms with Crippen LogP contribution in [-0.4, -0.2) is 34.4 Å². The SMILES string of the molecule is COC(=O)CCc1cc(OC)c2oc(-c3ccc(OC)c(OC)c3)cc2c1. The summed E-state index contributed by atoms with van der Waals surface area (Å²) >= 11 is 0. The second-order valence-corrected chi connectivity index (χ2v) is 5.97. The van der Waals surface area contributed by atoms with Crippen LogP contribution in [0.2, 0.25) is 0 Å². The van der Waals surface area contributed by atoms with Crippen molar-refractivity contribution >= 4 is 16.9 Å². The van der Waals surface area contributed by atoms with Crippen LogP contribution in [0.4, 0.5) is 0 Å². The summed E-state index contributed by atoms with van der Waals surface area (Å²) in [6, 6.07) is 11.4. The average molecular weight is 370 g/mol. The molecule has 0 bridgehead atoms. The van der Waals surface area contributed by atoms with E-state index < -0.39 is 0 Å². The van der Waals surface area contributed by atoms with Crippen molar-refractivity contribution in [1.29, 1.82) is 0 Å². The number of methoxy groups -OCH3 is 4. The van der Waals surface area contributed by atoms with Crippen LogP contribution >= 0.6 is 0 Å². The van der Waals surface area contributed by atoms with Crippen LogP contribution in [0.1, 0.15) is 12.0 Å². The van der Waals surface area contributed by atoms with Gasteiger partial charge < -0.3 is 23.4 Å². The van der Waals surface area contributed by atoms with E-state index in [1.54, 1.807) is 21.3 Å². The molecular weight excluding hydrogens is 348 g/mol. The van der Waals surface area contributed by atoms with Crippen LogP contribution in [0, 0.1) is 0 Å². The molecule has 0 saturated carbocycles. The third kappa shape index (κ3) is 3.84. The molecule has 2 aromatic carbocycles. The highest BCUT2D eigenvalue weighted by molar-refractivity contribution is 5.88. The predicted octanol–water partition coefficient (Wildman–Crippen LogP) is 4.23. The van der Waals surface area contributed by atoms with E-state index in [9.17, 15) is 4.79 Å². The molecule has 0 atom stereocenters. The summed E-state index contributed by atoms with van der Waals surface area (Å²) in [6.07, 6.45) is 0.876. The number of ether oxygens (including phenoxy) is 4. The monoisotopic (exact) mass is 370 g/mol. The van der Waals surface area contributed by atoms with Gasteiger partial charge in [0.05, 0.1) is 28.4 Å². The first-order chi connectivity index (χ1) is 13.1. The number of furan rings is 1. The fourth-order valence-electron chi connectivity index (χ4n) is 2.96. The second-order valence-electron chi connectivity index (χ2n) is 5.97. The Labute approximate surface area is 157 Å². The maximum absolute atomic E-state index is 11.4. The molecule has 3 aromatic rings. The Morgan fingerprint density at radius 1 is 0.889 bits per heavy atom. The van der Waals surface area contributed by atoms with E-state index in [4.69, 9.17) is 23.4 Å². The number of benzene rings is 2. The molecule has 27 heavy (non-hydrogen) atoms. The van der Waals surface area contributed by atoms with Gasteiger partial charge in [0.2, 0.25) is 0 Å². The van der Waals surface area contributed by atoms with Gasteiger partial charge >= 0.3 is 5.97 Å². The first-order valence-electron chi connectivity index (χ1n) is 8.49. The minimum Gasteiger partial charge on any atom is -0.493 e. The van der Waals surface area contributed by atoms with Crippen LogP contribution < -0.4 is 14.2 Å². The Morgan fingerprint density at radius 3 is 2.30 bits per heavy atom. The van der Waals surface area contributed by atoms with Gasteiger partial charge in [0, 0.05) is 17.4 Å². The Hall–Kier alpha value is -3.15. The molecule has 0 fully saturated rings. The first-order valence-corrected chi connectivity index (χ1v) is 8.49. The van der Waals surface area contributed by atoms with E-state index in [0.29, 0.717) is 41.4 Å². The highest BCUT2D eigenvalue weighted by Crippen LogP contribution is 2.38. The van der Waals surface area contributed by atoms with E-state index in [1.165, 1.54) is 7.11 Å². The van der Waals surface area contributed by atoms with Crippen molar-refractivity contribution in [2.45, 2.75) is 12.8 Å². The molecule has 1 heterocycles. The van der Waals surface area contributed by atoms with Crippen molar-refractivity contribution < 1.29 is 28.2 Å². The molecule has 0 aliphatic rings.